The van der Waals surface area contributed by atoms with Crippen molar-refractivity contribution in [3.05, 3.63) is 71.8 Å². The maximum absolute atomic E-state index is 5.86. The van der Waals surface area contributed by atoms with E-state index in [2.05, 4.69) is 24.0 Å². The minimum absolute atomic E-state index is 0.453. The zero-order valence-electron chi connectivity index (χ0n) is 11.4. The SMILES string of the molecule is CC(C)(C#Cc1ccccc1)OCc1ccccc1. The highest BCUT2D eigenvalue weighted by Crippen LogP contribution is 2.12. The maximum Gasteiger partial charge on any atom is 0.123 e. The summed E-state index contributed by atoms with van der Waals surface area (Å²) in [6.45, 7) is 4.56. The van der Waals surface area contributed by atoms with E-state index in [1.54, 1.807) is 0 Å². The summed E-state index contributed by atoms with van der Waals surface area (Å²) < 4.78 is 5.86. The monoisotopic (exact) mass is 250 g/mol. The molecule has 0 bridgehead atoms. The van der Waals surface area contributed by atoms with Gasteiger partial charge in [-0.25, -0.2) is 0 Å². The number of ether oxygens (including phenoxy) is 1. The zero-order valence-corrected chi connectivity index (χ0v) is 11.4. The molecule has 2 rings (SSSR count). The van der Waals surface area contributed by atoms with E-state index in [0.29, 0.717) is 6.61 Å². The molecule has 0 radical (unpaired) electrons. The lowest BCUT2D eigenvalue weighted by Gasteiger charge is -2.18. The third-order valence-corrected chi connectivity index (χ3v) is 2.72. The van der Waals surface area contributed by atoms with Crippen molar-refractivity contribution in [1.29, 1.82) is 0 Å². The molecule has 0 heterocycles. The molecule has 2 aromatic carbocycles. The van der Waals surface area contributed by atoms with Crippen LogP contribution in [0.1, 0.15) is 25.0 Å². The van der Waals surface area contributed by atoms with E-state index in [1.165, 1.54) is 0 Å². The van der Waals surface area contributed by atoms with Gasteiger partial charge in [-0.15, -0.1) is 0 Å². The molecule has 0 aliphatic carbocycles. The van der Waals surface area contributed by atoms with Crippen molar-refractivity contribution in [2.45, 2.75) is 26.1 Å². The van der Waals surface area contributed by atoms with Crippen LogP contribution in [0, 0.1) is 11.8 Å². The van der Waals surface area contributed by atoms with Crippen molar-refractivity contribution in [2.24, 2.45) is 0 Å². The van der Waals surface area contributed by atoms with Gasteiger partial charge < -0.3 is 4.74 Å². The maximum atomic E-state index is 5.86. The van der Waals surface area contributed by atoms with Crippen molar-refractivity contribution >= 4 is 0 Å². The summed E-state index contributed by atoms with van der Waals surface area (Å²) in [6, 6.07) is 20.1. The van der Waals surface area contributed by atoms with Gasteiger partial charge in [0, 0.05) is 5.56 Å². The Labute approximate surface area is 115 Å². The molecule has 1 heteroatoms. The highest BCUT2D eigenvalue weighted by atomic mass is 16.5. The smallest absolute Gasteiger partial charge is 0.123 e. The first-order chi connectivity index (χ1) is 9.16. The molecule has 96 valence electrons. The standard InChI is InChI=1S/C18H18O/c1-18(2,14-13-16-9-5-3-6-10-16)19-15-17-11-7-4-8-12-17/h3-12H,15H2,1-2H3. The summed E-state index contributed by atoms with van der Waals surface area (Å²) in [5, 5.41) is 0. The van der Waals surface area contributed by atoms with Crippen molar-refractivity contribution in [3.63, 3.8) is 0 Å². The van der Waals surface area contributed by atoms with Gasteiger partial charge in [-0.05, 0) is 31.5 Å². The summed E-state index contributed by atoms with van der Waals surface area (Å²) in [4.78, 5) is 0. The van der Waals surface area contributed by atoms with Crippen LogP contribution in [0.15, 0.2) is 60.7 Å². The Balaban J connectivity index is 1.98. The summed E-state index contributed by atoms with van der Waals surface area (Å²) in [5.41, 5.74) is 1.72. The molecule has 19 heavy (non-hydrogen) atoms. The van der Waals surface area contributed by atoms with Gasteiger partial charge in [-0.1, -0.05) is 60.4 Å². The Hall–Kier alpha value is -2.04. The van der Waals surface area contributed by atoms with Crippen LogP contribution in [0.5, 0.6) is 0 Å². The minimum atomic E-state index is -0.453. The van der Waals surface area contributed by atoms with Crippen molar-refractivity contribution < 1.29 is 4.74 Å². The predicted octanol–water partition coefficient (Wildman–Crippen LogP) is 4.03. The average molecular weight is 250 g/mol. The molecule has 0 fully saturated rings. The lowest BCUT2D eigenvalue weighted by atomic mass is 10.1. The Morgan fingerprint density at radius 3 is 2.11 bits per heavy atom. The topological polar surface area (TPSA) is 9.23 Å². The largest absolute Gasteiger partial charge is 0.358 e. The molecular formula is C18H18O. The first-order valence-corrected chi connectivity index (χ1v) is 6.42. The molecule has 0 saturated carbocycles. The van der Waals surface area contributed by atoms with Gasteiger partial charge in [0.2, 0.25) is 0 Å². The summed E-state index contributed by atoms with van der Waals surface area (Å²) in [7, 11) is 0. The van der Waals surface area contributed by atoms with Crippen molar-refractivity contribution in [2.75, 3.05) is 0 Å². The fourth-order valence-electron chi connectivity index (χ4n) is 1.62. The Morgan fingerprint density at radius 2 is 1.47 bits per heavy atom. The van der Waals surface area contributed by atoms with Gasteiger partial charge in [-0.2, -0.15) is 0 Å². The summed E-state index contributed by atoms with van der Waals surface area (Å²) in [6.07, 6.45) is 0. The molecule has 1 nitrogen and oxygen atoms in total. The lowest BCUT2D eigenvalue weighted by Crippen LogP contribution is -2.21. The van der Waals surface area contributed by atoms with Crippen LogP contribution in [-0.4, -0.2) is 5.60 Å². The number of hydrogen-bond acceptors (Lipinski definition) is 1. The molecular weight excluding hydrogens is 232 g/mol. The molecule has 0 atom stereocenters. The molecule has 0 amide bonds. The molecule has 0 spiro atoms. The van der Waals surface area contributed by atoms with Crippen LogP contribution < -0.4 is 0 Å². The van der Waals surface area contributed by atoms with E-state index in [-0.39, 0.29) is 0 Å². The fraction of sp³-hybridized carbons (Fsp3) is 0.222. The van der Waals surface area contributed by atoms with Gasteiger partial charge in [0.05, 0.1) is 6.61 Å². The molecule has 0 N–H and O–H groups in total. The van der Waals surface area contributed by atoms with Gasteiger partial charge in [0.1, 0.15) is 5.60 Å². The average Bonchev–Trinajstić information content (AvgIpc) is 2.46. The van der Waals surface area contributed by atoms with Gasteiger partial charge in [0.15, 0.2) is 0 Å². The van der Waals surface area contributed by atoms with Crippen LogP contribution in [-0.2, 0) is 11.3 Å². The quantitative estimate of drug-likeness (QED) is 0.747. The van der Waals surface area contributed by atoms with Crippen LogP contribution in [0.3, 0.4) is 0 Å². The highest BCUT2D eigenvalue weighted by molar-refractivity contribution is 5.35. The number of benzene rings is 2. The van der Waals surface area contributed by atoms with Gasteiger partial charge in [-0.3, -0.25) is 0 Å². The van der Waals surface area contributed by atoms with Crippen LogP contribution >= 0.6 is 0 Å². The van der Waals surface area contributed by atoms with E-state index in [9.17, 15) is 0 Å². The lowest BCUT2D eigenvalue weighted by molar-refractivity contribution is 0.0144. The van der Waals surface area contributed by atoms with Crippen LogP contribution in [0.2, 0.25) is 0 Å². The zero-order chi connectivity index (χ0) is 13.6. The second-order valence-electron chi connectivity index (χ2n) is 4.90. The van der Waals surface area contributed by atoms with E-state index < -0.39 is 5.60 Å². The predicted molar refractivity (Wildman–Crippen MR) is 78.6 cm³/mol. The third-order valence-electron chi connectivity index (χ3n) is 2.72. The van der Waals surface area contributed by atoms with E-state index >= 15 is 0 Å². The van der Waals surface area contributed by atoms with Crippen LogP contribution in [0.4, 0.5) is 0 Å². The van der Waals surface area contributed by atoms with Gasteiger partial charge in [0.25, 0.3) is 0 Å². The number of rotatable bonds is 3. The molecule has 0 aliphatic rings. The fourth-order valence-corrected chi connectivity index (χ4v) is 1.62. The Kier molecular flexibility index (Phi) is 4.39. The van der Waals surface area contributed by atoms with Crippen molar-refractivity contribution in [1.82, 2.24) is 0 Å². The summed E-state index contributed by atoms with van der Waals surface area (Å²) in [5.74, 6) is 6.32. The first kappa shape index (κ1) is 13.4. The molecule has 0 unspecified atom stereocenters. The number of hydrogen-bond donors (Lipinski definition) is 0. The van der Waals surface area contributed by atoms with Crippen molar-refractivity contribution in [3.8, 4) is 11.8 Å². The third kappa shape index (κ3) is 4.62. The minimum Gasteiger partial charge on any atom is -0.358 e. The first-order valence-electron chi connectivity index (χ1n) is 6.42. The highest BCUT2D eigenvalue weighted by Gasteiger charge is 2.14. The van der Waals surface area contributed by atoms with E-state index in [1.807, 2.05) is 62.4 Å². The van der Waals surface area contributed by atoms with E-state index in [4.69, 9.17) is 4.74 Å². The molecule has 0 aliphatic heterocycles. The molecule has 0 saturated heterocycles. The Morgan fingerprint density at radius 1 is 0.895 bits per heavy atom. The van der Waals surface area contributed by atoms with Crippen LogP contribution in [0.25, 0.3) is 0 Å². The molecule has 0 aromatic heterocycles. The summed E-state index contributed by atoms with van der Waals surface area (Å²) >= 11 is 0. The molecule has 2 aromatic rings. The van der Waals surface area contributed by atoms with E-state index in [0.717, 1.165) is 11.1 Å². The normalized spacial score (nSPS) is 10.6. The second-order valence-corrected chi connectivity index (χ2v) is 4.90. The second kappa shape index (κ2) is 6.22. The Bertz CT molecular complexity index is 559. The van der Waals surface area contributed by atoms with Gasteiger partial charge >= 0.3 is 0 Å².